The summed E-state index contributed by atoms with van der Waals surface area (Å²) in [6.45, 7) is 0. The molecule has 1 aliphatic heterocycles. The Bertz CT molecular complexity index is 1640. The van der Waals surface area contributed by atoms with Gasteiger partial charge in [-0.3, -0.25) is 19.7 Å². The normalized spacial score (nSPS) is 18.4. The summed E-state index contributed by atoms with van der Waals surface area (Å²) in [6.07, 6.45) is 3.40. The molecule has 4 aromatic carbocycles. The van der Waals surface area contributed by atoms with Crippen LogP contribution in [0.5, 0.6) is 0 Å². The number of carbonyl (C=O) groups excluding carboxylic acids is 2. The first-order valence-electron chi connectivity index (χ1n) is 11.8. The van der Waals surface area contributed by atoms with Crippen LogP contribution in [-0.2, 0) is 15.0 Å². The molecule has 1 aliphatic carbocycles. The van der Waals surface area contributed by atoms with Crippen LogP contribution in [-0.4, -0.2) is 16.7 Å². The zero-order valence-electron chi connectivity index (χ0n) is 19.6. The van der Waals surface area contributed by atoms with Gasteiger partial charge in [-0.2, -0.15) is 0 Å². The summed E-state index contributed by atoms with van der Waals surface area (Å²) >= 11 is 0. The minimum atomic E-state index is -1.31. The predicted octanol–water partition coefficient (Wildman–Crippen LogP) is 5.83. The summed E-state index contributed by atoms with van der Waals surface area (Å²) in [6, 6.07) is 32.5. The molecular weight excluding hydrogens is 464 g/mol. The molecule has 0 fully saturated rings. The number of non-ortho nitro benzene ring substituents is 1. The maximum Gasteiger partial charge on any atom is 0.271 e. The van der Waals surface area contributed by atoms with E-state index >= 15 is 0 Å². The topological polar surface area (TPSA) is 80.5 Å². The van der Waals surface area contributed by atoms with E-state index in [1.165, 1.54) is 24.3 Å². The Kier molecular flexibility index (Phi) is 5.16. The first kappa shape index (κ1) is 22.4. The van der Waals surface area contributed by atoms with Crippen LogP contribution >= 0.6 is 0 Å². The highest BCUT2D eigenvalue weighted by molar-refractivity contribution is 6.28. The molecule has 0 saturated carbocycles. The molecule has 37 heavy (non-hydrogen) atoms. The number of allylic oxidation sites excluding steroid dienone is 1. The van der Waals surface area contributed by atoms with Crippen molar-refractivity contribution in [2.24, 2.45) is 0 Å². The van der Waals surface area contributed by atoms with Crippen molar-refractivity contribution in [3.63, 3.8) is 0 Å². The number of hydrogen-bond acceptors (Lipinski definition) is 4. The maximum absolute atomic E-state index is 14.6. The second kappa shape index (κ2) is 8.53. The Morgan fingerprint density at radius 2 is 1.41 bits per heavy atom. The molecule has 6 nitrogen and oxygen atoms in total. The smallest absolute Gasteiger partial charge is 0.271 e. The quantitative estimate of drug-likeness (QED) is 0.207. The van der Waals surface area contributed by atoms with Crippen molar-refractivity contribution in [2.75, 3.05) is 4.90 Å². The Hall–Kier alpha value is -5.10. The van der Waals surface area contributed by atoms with Crippen molar-refractivity contribution in [2.45, 2.75) is 5.41 Å². The Balaban J connectivity index is 1.67. The molecule has 1 heterocycles. The molecule has 0 saturated heterocycles. The van der Waals surface area contributed by atoms with Crippen molar-refractivity contribution in [3.8, 4) is 0 Å². The van der Waals surface area contributed by atoms with E-state index in [0.29, 0.717) is 11.1 Å². The summed E-state index contributed by atoms with van der Waals surface area (Å²) in [7, 11) is 0. The Morgan fingerprint density at radius 1 is 0.730 bits per heavy atom. The molecule has 0 radical (unpaired) electrons. The molecule has 6 rings (SSSR count). The molecule has 0 spiro atoms. The number of anilines is 1. The zero-order valence-corrected chi connectivity index (χ0v) is 19.6. The van der Waals surface area contributed by atoms with Crippen LogP contribution in [0, 0.1) is 10.1 Å². The van der Waals surface area contributed by atoms with Crippen LogP contribution in [0.2, 0.25) is 0 Å². The molecule has 2 aliphatic rings. The average molecular weight is 485 g/mol. The monoisotopic (exact) mass is 484 g/mol. The highest BCUT2D eigenvalue weighted by atomic mass is 16.6. The molecule has 178 valence electrons. The largest absolute Gasteiger partial charge is 0.272 e. The minimum Gasteiger partial charge on any atom is -0.272 e. The van der Waals surface area contributed by atoms with Gasteiger partial charge < -0.3 is 0 Å². The van der Waals surface area contributed by atoms with Gasteiger partial charge in [0.05, 0.1) is 10.6 Å². The Labute approximate surface area is 213 Å². The lowest BCUT2D eigenvalue weighted by Crippen LogP contribution is -2.55. The number of hydrogen-bond donors (Lipinski definition) is 0. The summed E-state index contributed by atoms with van der Waals surface area (Å²) in [5.41, 5.74) is 3.45. The van der Waals surface area contributed by atoms with Gasteiger partial charge in [-0.05, 0) is 45.5 Å². The van der Waals surface area contributed by atoms with Crippen LogP contribution in [0.15, 0.2) is 127 Å². The first-order valence-corrected chi connectivity index (χ1v) is 11.8. The van der Waals surface area contributed by atoms with Gasteiger partial charge in [0.25, 0.3) is 17.5 Å². The second-order valence-corrected chi connectivity index (χ2v) is 8.94. The van der Waals surface area contributed by atoms with Gasteiger partial charge in [0.2, 0.25) is 0 Å². The highest BCUT2D eigenvalue weighted by Gasteiger charge is 2.54. The molecule has 4 aromatic rings. The van der Waals surface area contributed by atoms with E-state index in [4.69, 9.17) is 0 Å². The fourth-order valence-corrected chi connectivity index (χ4v) is 5.38. The third-order valence-electron chi connectivity index (χ3n) is 6.97. The van der Waals surface area contributed by atoms with Crippen molar-refractivity contribution >= 4 is 28.8 Å². The summed E-state index contributed by atoms with van der Waals surface area (Å²) in [4.78, 5) is 40.1. The summed E-state index contributed by atoms with van der Waals surface area (Å²) in [5, 5.41) is 11.4. The standard InChI is InChI=1S/C31H20N2O4/c34-29-19-23-18-27(21-10-3-1-4-11-21)26-16-7-8-17-28(26)31(23,22-12-5-2-6-13-22)30(35)32(29)24-14-9-15-25(20-24)33(36)37/h1-20H. The van der Waals surface area contributed by atoms with Crippen molar-refractivity contribution in [1.29, 1.82) is 0 Å². The lowest BCUT2D eigenvalue weighted by Gasteiger charge is -2.44. The SMILES string of the molecule is O=C1C=C2C=C(c3ccccc3)c3ccccc3C2(c2ccccc2)C(=O)N1c1cccc([N+](=O)[O-])c1. The number of fused-ring (bicyclic) bond motifs is 3. The molecule has 0 bridgehead atoms. The van der Waals surface area contributed by atoms with E-state index in [0.717, 1.165) is 27.2 Å². The van der Waals surface area contributed by atoms with Crippen LogP contribution in [0.3, 0.4) is 0 Å². The fourth-order valence-electron chi connectivity index (χ4n) is 5.38. The number of benzene rings is 4. The van der Waals surface area contributed by atoms with E-state index in [-0.39, 0.29) is 11.4 Å². The number of carbonyl (C=O) groups is 2. The number of rotatable bonds is 4. The lowest BCUT2D eigenvalue weighted by atomic mass is 9.61. The van der Waals surface area contributed by atoms with Gasteiger partial charge >= 0.3 is 0 Å². The van der Waals surface area contributed by atoms with Gasteiger partial charge in [-0.1, -0.05) is 91.0 Å². The molecule has 1 unspecified atom stereocenters. The second-order valence-electron chi connectivity index (χ2n) is 8.94. The molecule has 6 heteroatoms. The van der Waals surface area contributed by atoms with E-state index < -0.39 is 22.2 Å². The number of amides is 2. The number of nitro benzene ring substituents is 1. The van der Waals surface area contributed by atoms with Crippen LogP contribution in [0.25, 0.3) is 5.57 Å². The third-order valence-corrected chi connectivity index (χ3v) is 6.97. The number of nitro groups is 1. The van der Waals surface area contributed by atoms with Crippen molar-refractivity contribution < 1.29 is 14.5 Å². The van der Waals surface area contributed by atoms with Gasteiger partial charge in [-0.25, -0.2) is 4.90 Å². The van der Waals surface area contributed by atoms with Gasteiger partial charge in [0.15, 0.2) is 0 Å². The predicted molar refractivity (Wildman–Crippen MR) is 141 cm³/mol. The van der Waals surface area contributed by atoms with Crippen LogP contribution < -0.4 is 4.90 Å². The van der Waals surface area contributed by atoms with E-state index in [2.05, 4.69) is 0 Å². The van der Waals surface area contributed by atoms with E-state index in [9.17, 15) is 19.7 Å². The zero-order chi connectivity index (χ0) is 25.6. The first-order chi connectivity index (χ1) is 18.0. The molecule has 2 amide bonds. The molecule has 1 atom stereocenters. The third kappa shape index (κ3) is 3.34. The minimum absolute atomic E-state index is 0.158. The van der Waals surface area contributed by atoms with Gasteiger partial charge in [-0.15, -0.1) is 0 Å². The average Bonchev–Trinajstić information content (AvgIpc) is 2.93. The van der Waals surface area contributed by atoms with Crippen molar-refractivity contribution in [3.05, 3.63) is 159 Å². The van der Waals surface area contributed by atoms with Gasteiger partial charge in [0.1, 0.15) is 5.41 Å². The maximum atomic E-state index is 14.6. The number of nitrogens with zero attached hydrogens (tertiary/aromatic N) is 2. The van der Waals surface area contributed by atoms with Crippen molar-refractivity contribution in [1.82, 2.24) is 0 Å². The van der Waals surface area contributed by atoms with Gasteiger partial charge in [0, 0.05) is 18.2 Å². The molecule has 0 aromatic heterocycles. The van der Waals surface area contributed by atoms with Crippen LogP contribution in [0.1, 0.15) is 22.3 Å². The lowest BCUT2D eigenvalue weighted by molar-refractivity contribution is -0.384. The molecular formula is C31H20N2O4. The Morgan fingerprint density at radius 3 is 2.14 bits per heavy atom. The summed E-state index contributed by atoms with van der Waals surface area (Å²) < 4.78 is 0. The molecule has 0 N–H and O–H groups in total. The van der Waals surface area contributed by atoms with Crippen LogP contribution in [0.4, 0.5) is 11.4 Å². The fraction of sp³-hybridized carbons (Fsp3) is 0.0323. The summed E-state index contributed by atoms with van der Waals surface area (Å²) in [5.74, 6) is -1.02. The number of imide groups is 1. The highest BCUT2D eigenvalue weighted by Crippen LogP contribution is 2.51. The van der Waals surface area contributed by atoms with E-state index in [1.807, 2.05) is 91.0 Å². The van der Waals surface area contributed by atoms with E-state index in [1.54, 1.807) is 6.07 Å².